The van der Waals surface area contributed by atoms with Gasteiger partial charge in [-0.1, -0.05) is 44.2 Å². The van der Waals surface area contributed by atoms with Crippen LogP contribution in [0.5, 0.6) is 0 Å². The van der Waals surface area contributed by atoms with Crippen molar-refractivity contribution in [3.63, 3.8) is 0 Å². The van der Waals surface area contributed by atoms with Gasteiger partial charge in [0.2, 0.25) is 11.8 Å². The first-order chi connectivity index (χ1) is 8.91. The van der Waals surface area contributed by atoms with Crippen molar-refractivity contribution in [3.05, 3.63) is 35.9 Å². The Morgan fingerprint density at radius 2 is 1.58 bits per heavy atom. The van der Waals surface area contributed by atoms with E-state index in [1.165, 1.54) is 6.92 Å². The predicted molar refractivity (Wildman–Crippen MR) is 75.4 cm³/mol. The summed E-state index contributed by atoms with van der Waals surface area (Å²) < 4.78 is 0. The molecule has 0 aliphatic rings. The second-order valence-corrected chi connectivity index (χ2v) is 5.06. The number of benzene rings is 1. The first-order valence-electron chi connectivity index (χ1n) is 6.54. The topological polar surface area (TPSA) is 58.2 Å². The van der Waals surface area contributed by atoms with Crippen molar-refractivity contribution in [1.82, 2.24) is 10.6 Å². The number of carbonyl (C=O) groups excluding carboxylic acids is 2. The number of hydrogen-bond acceptors (Lipinski definition) is 2. The third-order valence-electron chi connectivity index (χ3n) is 2.94. The molecule has 0 radical (unpaired) electrons. The van der Waals surface area contributed by atoms with Crippen molar-refractivity contribution >= 4 is 11.8 Å². The highest BCUT2D eigenvalue weighted by molar-refractivity contribution is 5.86. The molecule has 0 heterocycles. The lowest BCUT2D eigenvalue weighted by Crippen LogP contribution is -2.46. The molecule has 19 heavy (non-hydrogen) atoms. The van der Waals surface area contributed by atoms with E-state index < -0.39 is 6.04 Å². The minimum absolute atomic E-state index is 0.0510. The zero-order chi connectivity index (χ0) is 14.4. The fraction of sp³-hybridized carbons (Fsp3) is 0.467. The van der Waals surface area contributed by atoms with Crippen LogP contribution in [0.25, 0.3) is 0 Å². The highest BCUT2D eigenvalue weighted by Gasteiger charge is 2.21. The molecule has 2 unspecified atom stereocenters. The van der Waals surface area contributed by atoms with Crippen molar-refractivity contribution in [3.8, 4) is 0 Å². The molecule has 2 amide bonds. The summed E-state index contributed by atoms with van der Waals surface area (Å²) in [5.41, 5.74) is 1.07. The van der Waals surface area contributed by atoms with E-state index in [0.29, 0.717) is 0 Å². The van der Waals surface area contributed by atoms with Crippen LogP contribution in [0.2, 0.25) is 0 Å². The van der Waals surface area contributed by atoms with Gasteiger partial charge in [0.1, 0.15) is 6.04 Å². The van der Waals surface area contributed by atoms with Crippen molar-refractivity contribution in [2.24, 2.45) is 5.92 Å². The highest BCUT2D eigenvalue weighted by atomic mass is 16.2. The van der Waals surface area contributed by atoms with Gasteiger partial charge in [0, 0.05) is 6.92 Å². The second-order valence-electron chi connectivity index (χ2n) is 5.06. The Morgan fingerprint density at radius 3 is 2.05 bits per heavy atom. The molecular formula is C15H22N2O2. The molecule has 2 N–H and O–H groups in total. The van der Waals surface area contributed by atoms with E-state index in [9.17, 15) is 9.59 Å². The van der Waals surface area contributed by atoms with Gasteiger partial charge < -0.3 is 10.6 Å². The van der Waals surface area contributed by atoms with Crippen molar-refractivity contribution < 1.29 is 9.59 Å². The molecule has 1 aromatic rings. The Kier molecular flexibility index (Phi) is 5.55. The molecule has 0 spiro atoms. The van der Waals surface area contributed by atoms with Gasteiger partial charge >= 0.3 is 0 Å². The molecule has 2 atom stereocenters. The maximum atomic E-state index is 12.0. The van der Waals surface area contributed by atoms with Crippen molar-refractivity contribution in [1.29, 1.82) is 0 Å². The fourth-order valence-corrected chi connectivity index (χ4v) is 1.94. The lowest BCUT2D eigenvalue weighted by molar-refractivity contribution is -0.128. The Balaban J connectivity index is 2.75. The van der Waals surface area contributed by atoms with Gasteiger partial charge in [0.25, 0.3) is 0 Å². The smallest absolute Gasteiger partial charge is 0.242 e. The summed E-state index contributed by atoms with van der Waals surface area (Å²) in [6, 6.07) is 9.26. The van der Waals surface area contributed by atoms with Crippen LogP contribution in [0.1, 0.15) is 39.3 Å². The van der Waals surface area contributed by atoms with Gasteiger partial charge in [-0.25, -0.2) is 0 Å². The van der Waals surface area contributed by atoms with Crippen molar-refractivity contribution in [2.45, 2.75) is 39.8 Å². The summed E-state index contributed by atoms with van der Waals surface area (Å²) in [5.74, 6) is -0.0999. The lowest BCUT2D eigenvalue weighted by Gasteiger charge is -2.25. The maximum Gasteiger partial charge on any atom is 0.242 e. The Bertz CT molecular complexity index is 429. The average Bonchev–Trinajstić information content (AvgIpc) is 2.35. The first kappa shape index (κ1) is 15.2. The quantitative estimate of drug-likeness (QED) is 0.853. The fourth-order valence-electron chi connectivity index (χ4n) is 1.94. The highest BCUT2D eigenvalue weighted by Crippen LogP contribution is 2.21. The molecule has 0 aliphatic carbocycles. The van der Waals surface area contributed by atoms with E-state index in [2.05, 4.69) is 24.5 Å². The zero-order valence-corrected chi connectivity index (χ0v) is 11.9. The third-order valence-corrected chi connectivity index (χ3v) is 2.94. The molecule has 0 aliphatic heterocycles. The summed E-state index contributed by atoms with van der Waals surface area (Å²) in [7, 11) is 0. The molecule has 4 heteroatoms. The van der Waals surface area contributed by atoms with Crippen LogP contribution in [0.4, 0.5) is 0 Å². The van der Waals surface area contributed by atoms with Gasteiger partial charge in [-0.15, -0.1) is 0 Å². The van der Waals surface area contributed by atoms with Crippen LogP contribution in [-0.2, 0) is 9.59 Å². The van der Waals surface area contributed by atoms with Crippen molar-refractivity contribution in [2.75, 3.05) is 0 Å². The van der Waals surface area contributed by atoms with Crippen LogP contribution in [-0.4, -0.2) is 17.9 Å². The molecule has 104 valence electrons. The number of carbonyl (C=O) groups is 2. The maximum absolute atomic E-state index is 12.0. The van der Waals surface area contributed by atoms with E-state index in [1.807, 2.05) is 30.3 Å². The Morgan fingerprint density at radius 1 is 1.00 bits per heavy atom. The van der Waals surface area contributed by atoms with Gasteiger partial charge in [-0.05, 0) is 18.4 Å². The number of nitrogens with one attached hydrogen (secondary N) is 2. The standard InChI is InChI=1S/C15H22N2O2/c1-10(2)14(13-8-6-5-7-9-13)17-15(19)11(3)16-12(4)18/h5-11,14H,1-4H3,(H,16,18)(H,17,19). The van der Waals surface area contributed by atoms with Crippen LogP contribution >= 0.6 is 0 Å². The summed E-state index contributed by atoms with van der Waals surface area (Å²) in [5, 5.41) is 5.57. The van der Waals surface area contributed by atoms with Gasteiger partial charge in [-0.2, -0.15) is 0 Å². The normalized spacial score (nSPS) is 13.7. The van der Waals surface area contributed by atoms with Crippen LogP contribution in [0.15, 0.2) is 30.3 Å². The molecular weight excluding hydrogens is 240 g/mol. The largest absolute Gasteiger partial charge is 0.347 e. The molecule has 1 rings (SSSR count). The van der Waals surface area contributed by atoms with E-state index in [4.69, 9.17) is 0 Å². The predicted octanol–water partition coefficient (Wildman–Crippen LogP) is 2.02. The molecule has 0 fully saturated rings. The zero-order valence-electron chi connectivity index (χ0n) is 11.9. The number of rotatable bonds is 5. The third kappa shape index (κ3) is 4.73. The Labute approximate surface area is 114 Å². The first-order valence-corrected chi connectivity index (χ1v) is 6.54. The van der Waals surface area contributed by atoms with Crippen LogP contribution in [0, 0.1) is 5.92 Å². The van der Waals surface area contributed by atoms with Gasteiger partial charge in [-0.3, -0.25) is 9.59 Å². The van der Waals surface area contributed by atoms with Gasteiger partial charge in [0.05, 0.1) is 6.04 Å². The molecule has 0 aromatic heterocycles. The van der Waals surface area contributed by atoms with Gasteiger partial charge in [0.15, 0.2) is 0 Å². The number of amides is 2. The molecule has 0 saturated carbocycles. The van der Waals surface area contributed by atoms with Crippen LogP contribution in [0.3, 0.4) is 0 Å². The van der Waals surface area contributed by atoms with Crippen LogP contribution < -0.4 is 10.6 Å². The SMILES string of the molecule is CC(=O)NC(C)C(=O)NC(c1ccccc1)C(C)C. The molecule has 1 aromatic carbocycles. The molecule has 0 saturated heterocycles. The minimum atomic E-state index is -0.525. The lowest BCUT2D eigenvalue weighted by atomic mass is 9.96. The summed E-state index contributed by atoms with van der Waals surface area (Å²) in [6.07, 6.45) is 0. The van der Waals surface area contributed by atoms with E-state index in [-0.39, 0.29) is 23.8 Å². The summed E-state index contributed by atoms with van der Waals surface area (Å²) in [4.78, 5) is 23.0. The minimum Gasteiger partial charge on any atom is -0.347 e. The average molecular weight is 262 g/mol. The number of hydrogen-bond donors (Lipinski definition) is 2. The Hall–Kier alpha value is -1.84. The van der Waals surface area contributed by atoms with E-state index >= 15 is 0 Å². The second kappa shape index (κ2) is 6.92. The molecule has 4 nitrogen and oxygen atoms in total. The van der Waals surface area contributed by atoms with E-state index in [1.54, 1.807) is 6.92 Å². The monoisotopic (exact) mass is 262 g/mol. The summed E-state index contributed by atoms with van der Waals surface area (Å²) in [6.45, 7) is 7.20. The molecule has 0 bridgehead atoms. The van der Waals surface area contributed by atoms with E-state index in [0.717, 1.165) is 5.56 Å². The summed E-state index contributed by atoms with van der Waals surface area (Å²) >= 11 is 0.